The summed E-state index contributed by atoms with van der Waals surface area (Å²) >= 11 is 0. The third-order valence-corrected chi connectivity index (χ3v) is 6.70. The number of nitrogens with zero attached hydrogens (tertiary/aromatic N) is 1. The van der Waals surface area contributed by atoms with E-state index in [2.05, 4.69) is 4.36 Å². The molecule has 0 radical (unpaired) electrons. The van der Waals surface area contributed by atoms with Crippen LogP contribution >= 0.6 is 0 Å². The summed E-state index contributed by atoms with van der Waals surface area (Å²) in [6.45, 7) is 1.64. The van der Waals surface area contributed by atoms with E-state index in [4.69, 9.17) is 4.74 Å². The van der Waals surface area contributed by atoms with Gasteiger partial charge >= 0.3 is 0 Å². The van der Waals surface area contributed by atoms with Gasteiger partial charge in [0, 0.05) is 12.8 Å². The van der Waals surface area contributed by atoms with E-state index in [-0.39, 0.29) is 11.0 Å². The molecule has 1 aliphatic heterocycles. The lowest BCUT2D eigenvalue weighted by Crippen LogP contribution is -2.56. The quantitative estimate of drug-likeness (QED) is 0.669. The molecule has 6 atom stereocenters. The maximum absolute atomic E-state index is 12.8. The van der Waals surface area contributed by atoms with Crippen LogP contribution in [0.25, 0.3) is 0 Å². The molecule has 2 aliphatic rings. The molecular formula is C14H23NO5S. The second-order valence-corrected chi connectivity index (χ2v) is 8.15. The third kappa shape index (κ3) is 3.37. The average Bonchev–Trinajstić information content (AvgIpc) is 3.02. The first-order valence-electron chi connectivity index (χ1n) is 7.05. The van der Waals surface area contributed by atoms with Gasteiger partial charge in [-0.2, -0.15) is 0 Å². The number of allylic oxidation sites excluding steroid dienone is 2. The van der Waals surface area contributed by atoms with Gasteiger partial charge < -0.3 is 20.1 Å². The Bertz CT molecular complexity index is 525. The molecule has 0 aromatic heterocycles. The van der Waals surface area contributed by atoms with Gasteiger partial charge in [-0.05, 0) is 13.3 Å². The molecule has 2 unspecified atom stereocenters. The van der Waals surface area contributed by atoms with E-state index in [0.717, 1.165) is 0 Å². The van der Waals surface area contributed by atoms with Gasteiger partial charge in [-0.25, -0.2) is 8.57 Å². The first-order valence-corrected chi connectivity index (χ1v) is 8.80. The van der Waals surface area contributed by atoms with Crippen molar-refractivity contribution in [2.75, 3.05) is 12.8 Å². The largest absolute Gasteiger partial charge is 0.388 e. The Labute approximate surface area is 125 Å². The molecule has 0 amide bonds. The van der Waals surface area contributed by atoms with Crippen molar-refractivity contribution in [2.24, 2.45) is 4.36 Å². The van der Waals surface area contributed by atoms with Crippen molar-refractivity contribution in [3.05, 3.63) is 24.3 Å². The monoisotopic (exact) mass is 317 g/mol. The molecule has 21 heavy (non-hydrogen) atoms. The minimum absolute atomic E-state index is 0.226. The van der Waals surface area contributed by atoms with E-state index in [1.54, 1.807) is 6.92 Å². The molecule has 6 nitrogen and oxygen atoms in total. The molecule has 1 fully saturated rings. The Balaban J connectivity index is 2.03. The van der Waals surface area contributed by atoms with Crippen molar-refractivity contribution in [1.82, 2.24) is 0 Å². The highest BCUT2D eigenvalue weighted by atomic mass is 32.2. The van der Waals surface area contributed by atoms with E-state index >= 15 is 0 Å². The summed E-state index contributed by atoms with van der Waals surface area (Å²) < 4.78 is 22.4. The van der Waals surface area contributed by atoms with Crippen LogP contribution in [0, 0.1) is 0 Å². The average molecular weight is 317 g/mol. The number of aliphatic hydroxyl groups is 3. The normalized spacial score (nSPS) is 39.4. The number of rotatable bonds is 4. The number of aliphatic hydroxyl groups excluding tert-OH is 3. The summed E-state index contributed by atoms with van der Waals surface area (Å²) in [4.78, 5) is 0. The topological polar surface area (TPSA) is 99.4 Å². The van der Waals surface area contributed by atoms with Gasteiger partial charge in [-0.1, -0.05) is 24.3 Å². The lowest BCUT2D eigenvalue weighted by molar-refractivity contribution is -0.217. The van der Waals surface area contributed by atoms with Crippen molar-refractivity contribution in [3.63, 3.8) is 0 Å². The van der Waals surface area contributed by atoms with Crippen molar-refractivity contribution in [2.45, 2.75) is 49.1 Å². The van der Waals surface area contributed by atoms with E-state index in [1.807, 2.05) is 24.3 Å². The SMILES string of the molecule is CN=S(=O)(CC[C@H]1OC(C)[C@@H](O)[C@@H](O)[C@@H]1O)C1C=CC=C1. The van der Waals surface area contributed by atoms with Gasteiger partial charge in [0.05, 0.1) is 27.2 Å². The van der Waals surface area contributed by atoms with Crippen molar-refractivity contribution in [1.29, 1.82) is 0 Å². The number of ether oxygens (including phenoxy) is 1. The van der Waals surface area contributed by atoms with Crippen LogP contribution in [0.4, 0.5) is 0 Å². The Morgan fingerprint density at radius 3 is 2.33 bits per heavy atom. The van der Waals surface area contributed by atoms with Crippen LogP contribution in [-0.2, 0) is 14.5 Å². The predicted octanol–water partition coefficient (Wildman–Crippen LogP) is -0.161. The maximum Gasteiger partial charge on any atom is 0.111 e. The molecule has 1 heterocycles. The molecule has 1 saturated heterocycles. The molecule has 0 bridgehead atoms. The zero-order valence-corrected chi connectivity index (χ0v) is 13.0. The first kappa shape index (κ1) is 16.6. The minimum Gasteiger partial charge on any atom is -0.388 e. The van der Waals surface area contributed by atoms with Crippen molar-refractivity contribution in [3.8, 4) is 0 Å². The van der Waals surface area contributed by atoms with Crippen LogP contribution < -0.4 is 0 Å². The van der Waals surface area contributed by atoms with Gasteiger partial charge in [-0.15, -0.1) is 0 Å². The smallest absolute Gasteiger partial charge is 0.111 e. The molecule has 0 spiro atoms. The third-order valence-electron chi connectivity index (χ3n) is 4.09. The van der Waals surface area contributed by atoms with Crippen LogP contribution in [0.2, 0.25) is 0 Å². The molecule has 0 aromatic rings. The molecule has 1 aliphatic carbocycles. The molecule has 120 valence electrons. The molecule has 0 saturated carbocycles. The Morgan fingerprint density at radius 2 is 1.76 bits per heavy atom. The highest BCUT2D eigenvalue weighted by Crippen LogP contribution is 2.25. The van der Waals surface area contributed by atoms with Crippen LogP contribution in [-0.4, -0.2) is 68.1 Å². The van der Waals surface area contributed by atoms with Crippen LogP contribution in [0.15, 0.2) is 28.7 Å². The summed E-state index contributed by atoms with van der Waals surface area (Å²) in [5.41, 5.74) is 0. The van der Waals surface area contributed by atoms with Gasteiger partial charge in [0.2, 0.25) is 0 Å². The van der Waals surface area contributed by atoms with Gasteiger partial charge in [-0.3, -0.25) is 0 Å². The summed E-state index contributed by atoms with van der Waals surface area (Å²) in [5.74, 6) is 0.264. The Hall–Kier alpha value is -0.730. The fraction of sp³-hybridized carbons (Fsp3) is 0.714. The minimum atomic E-state index is -2.46. The molecular weight excluding hydrogens is 294 g/mol. The van der Waals surface area contributed by atoms with Gasteiger partial charge in [0.25, 0.3) is 0 Å². The second-order valence-electron chi connectivity index (χ2n) is 5.45. The lowest BCUT2D eigenvalue weighted by Gasteiger charge is -2.39. The number of hydrogen-bond acceptors (Lipinski definition) is 6. The zero-order chi connectivity index (χ0) is 15.6. The van der Waals surface area contributed by atoms with Crippen molar-refractivity contribution >= 4 is 9.73 Å². The van der Waals surface area contributed by atoms with E-state index in [1.165, 1.54) is 7.05 Å². The van der Waals surface area contributed by atoms with Crippen molar-refractivity contribution < 1.29 is 24.3 Å². The standard InChI is InChI=1S/C14H23NO5S/c1-9-12(16)14(18)13(17)11(20-9)7-8-21(19,15-2)10-5-3-4-6-10/h3-6,9-14,16-18H,7-8H2,1-2H3/t9?,11-,12-,13-,14-,21?/m1/s1. The predicted molar refractivity (Wildman–Crippen MR) is 80.4 cm³/mol. The van der Waals surface area contributed by atoms with Crippen LogP contribution in [0.3, 0.4) is 0 Å². The summed E-state index contributed by atoms with van der Waals surface area (Å²) in [5, 5.41) is 29.2. The summed E-state index contributed by atoms with van der Waals surface area (Å²) in [7, 11) is -0.931. The van der Waals surface area contributed by atoms with E-state index in [0.29, 0.717) is 6.42 Å². The second kappa shape index (κ2) is 6.58. The lowest BCUT2D eigenvalue weighted by atomic mass is 9.94. The fourth-order valence-electron chi connectivity index (χ4n) is 2.67. The Kier molecular flexibility index (Phi) is 5.21. The highest BCUT2D eigenvalue weighted by molar-refractivity contribution is 7.94. The number of hydrogen-bond donors (Lipinski definition) is 3. The van der Waals surface area contributed by atoms with E-state index < -0.39 is 40.2 Å². The molecule has 3 N–H and O–H groups in total. The summed E-state index contributed by atoms with van der Waals surface area (Å²) in [6, 6.07) is 0. The van der Waals surface area contributed by atoms with Crippen LogP contribution in [0.5, 0.6) is 0 Å². The van der Waals surface area contributed by atoms with Gasteiger partial charge in [0.15, 0.2) is 0 Å². The highest BCUT2D eigenvalue weighted by Gasteiger charge is 2.41. The maximum atomic E-state index is 12.8. The first-order chi connectivity index (χ1) is 9.89. The molecule has 7 heteroatoms. The van der Waals surface area contributed by atoms with Gasteiger partial charge in [0.1, 0.15) is 18.3 Å². The Morgan fingerprint density at radius 1 is 1.14 bits per heavy atom. The molecule has 2 rings (SSSR count). The van der Waals surface area contributed by atoms with Crippen LogP contribution in [0.1, 0.15) is 13.3 Å². The molecule has 0 aromatic carbocycles. The van der Waals surface area contributed by atoms with E-state index in [9.17, 15) is 19.5 Å². The summed E-state index contributed by atoms with van der Waals surface area (Å²) in [6.07, 6.45) is 2.88. The fourth-order valence-corrected chi connectivity index (χ4v) is 4.61. The zero-order valence-electron chi connectivity index (χ0n) is 12.2.